The van der Waals surface area contributed by atoms with E-state index in [9.17, 15) is 4.79 Å². The predicted octanol–water partition coefficient (Wildman–Crippen LogP) is 4.47. The first kappa shape index (κ1) is 20.0. The molecule has 2 N–H and O–H groups in total. The van der Waals surface area contributed by atoms with Gasteiger partial charge < -0.3 is 15.5 Å². The number of piperidine rings is 2. The molecule has 1 saturated carbocycles. The van der Waals surface area contributed by atoms with Crippen molar-refractivity contribution in [3.05, 3.63) is 34.9 Å². The maximum Gasteiger partial charge on any atom is 0.317 e. The molecule has 3 atom stereocenters. The van der Waals surface area contributed by atoms with E-state index in [1.54, 1.807) is 0 Å². The summed E-state index contributed by atoms with van der Waals surface area (Å²) in [5.74, 6) is 1.98. The number of nitrogens with zero attached hydrogens (tertiary/aromatic N) is 1. The van der Waals surface area contributed by atoms with Crippen molar-refractivity contribution in [2.45, 2.75) is 57.4 Å². The fourth-order valence-electron chi connectivity index (χ4n) is 5.65. The monoisotopic (exact) mass is 403 g/mol. The van der Waals surface area contributed by atoms with E-state index in [2.05, 4.69) is 27.7 Å². The summed E-state index contributed by atoms with van der Waals surface area (Å²) in [6.07, 6.45) is 9.91. The Hall–Kier alpha value is -1.26. The largest absolute Gasteiger partial charge is 0.334 e. The average Bonchev–Trinajstić information content (AvgIpc) is 3.23. The highest BCUT2D eigenvalue weighted by atomic mass is 35.5. The number of likely N-dealkylation sites (tertiary alicyclic amines) is 1. The molecule has 0 radical (unpaired) electrons. The van der Waals surface area contributed by atoms with Gasteiger partial charge in [-0.2, -0.15) is 0 Å². The predicted molar refractivity (Wildman–Crippen MR) is 115 cm³/mol. The van der Waals surface area contributed by atoms with Crippen LogP contribution in [0.25, 0.3) is 0 Å². The number of urea groups is 1. The molecule has 1 aromatic carbocycles. The number of hydrogen-bond acceptors (Lipinski definition) is 2. The van der Waals surface area contributed by atoms with Gasteiger partial charge in [0.25, 0.3) is 0 Å². The van der Waals surface area contributed by atoms with Gasteiger partial charge in [0, 0.05) is 30.7 Å². The van der Waals surface area contributed by atoms with Crippen LogP contribution in [0.5, 0.6) is 0 Å². The molecular formula is C23H34ClN3O. The third-order valence-electron chi connectivity index (χ3n) is 7.07. The van der Waals surface area contributed by atoms with Gasteiger partial charge in [0.05, 0.1) is 0 Å². The minimum atomic E-state index is 0.146. The van der Waals surface area contributed by atoms with E-state index in [0.29, 0.717) is 11.8 Å². The Morgan fingerprint density at radius 2 is 2.04 bits per heavy atom. The molecule has 3 fully saturated rings. The van der Waals surface area contributed by atoms with Crippen LogP contribution in [0.3, 0.4) is 0 Å². The third-order valence-corrected chi connectivity index (χ3v) is 7.30. The van der Waals surface area contributed by atoms with Crippen molar-refractivity contribution in [1.29, 1.82) is 0 Å². The Kier molecular flexibility index (Phi) is 6.79. The summed E-state index contributed by atoms with van der Waals surface area (Å²) in [5, 5.41) is 7.71. The Labute approximate surface area is 174 Å². The summed E-state index contributed by atoms with van der Waals surface area (Å²) in [4.78, 5) is 15.1. The molecule has 2 aliphatic heterocycles. The molecule has 0 bridgehead atoms. The van der Waals surface area contributed by atoms with Gasteiger partial charge in [0.2, 0.25) is 0 Å². The van der Waals surface area contributed by atoms with Crippen molar-refractivity contribution in [3.63, 3.8) is 0 Å². The molecule has 1 aromatic rings. The fraction of sp³-hybridized carbons (Fsp3) is 0.696. The van der Waals surface area contributed by atoms with E-state index in [-0.39, 0.29) is 12.1 Å². The van der Waals surface area contributed by atoms with Crippen molar-refractivity contribution >= 4 is 17.6 Å². The molecular weight excluding hydrogens is 370 g/mol. The molecule has 2 heterocycles. The summed E-state index contributed by atoms with van der Waals surface area (Å²) < 4.78 is 0. The van der Waals surface area contributed by atoms with Crippen LogP contribution < -0.4 is 10.6 Å². The van der Waals surface area contributed by atoms with Crippen molar-refractivity contribution in [1.82, 2.24) is 15.5 Å². The lowest BCUT2D eigenvalue weighted by atomic mass is 9.80. The molecule has 0 aromatic heterocycles. The van der Waals surface area contributed by atoms with Gasteiger partial charge in [0.1, 0.15) is 0 Å². The van der Waals surface area contributed by atoms with Gasteiger partial charge in [-0.15, -0.1) is 0 Å². The van der Waals surface area contributed by atoms with Crippen LogP contribution in [0.2, 0.25) is 5.02 Å². The van der Waals surface area contributed by atoms with Crippen LogP contribution in [-0.4, -0.2) is 43.2 Å². The highest BCUT2D eigenvalue weighted by molar-refractivity contribution is 6.30. The number of halogens is 1. The van der Waals surface area contributed by atoms with E-state index in [4.69, 9.17) is 11.6 Å². The van der Waals surface area contributed by atoms with Crippen molar-refractivity contribution in [3.8, 4) is 0 Å². The molecule has 154 valence electrons. The first-order chi connectivity index (χ1) is 13.7. The van der Waals surface area contributed by atoms with Gasteiger partial charge in [0.15, 0.2) is 0 Å². The van der Waals surface area contributed by atoms with E-state index < -0.39 is 0 Å². The highest BCUT2D eigenvalue weighted by Gasteiger charge is 2.35. The molecule has 4 nitrogen and oxygen atoms in total. The van der Waals surface area contributed by atoms with Crippen molar-refractivity contribution in [2.75, 3.05) is 26.2 Å². The third kappa shape index (κ3) is 5.01. The van der Waals surface area contributed by atoms with Crippen LogP contribution in [0.1, 0.15) is 50.5 Å². The Morgan fingerprint density at radius 3 is 2.86 bits per heavy atom. The van der Waals surface area contributed by atoms with Crippen LogP contribution in [0, 0.1) is 17.8 Å². The van der Waals surface area contributed by atoms with Crippen LogP contribution in [0.15, 0.2) is 24.3 Å². The number of benzene rings is 1. The normalized spacial score (nSPS) is 29.0. The van der Waals surface area contributed by atoms with Crippen LogP contribution in [-0.2, 0) is 6.42 Å². The van der Waals surface area contributed by atoms with Crippen molar-refractivity contribution < 1.29 is 4.79 Å². The Bertz CT molecular complexity index is 661. The van der Waals surface area contributed by atoms with E-state index in [0.717, 1.165) is 50.0 Å². The van der Waals surface area contributed by atoms with Crippen LogP contribution >= 0.6 is 11.6 Å². The van der Waals surface area contributed by atoms with E-state index >= 15 is 0 Å². The lowest BCUT2D eigenvalue weighted by Crippen LogP contribution is -2.56. The van der Waals surface area contributed by atoms with Crippen molar-refractivity contribution in [2.24, 2.45) is 17.8 Å². The summed E-state index contributed by atoms with van der Waals surface area (Å²) >= 11 is 6.14. The fourth-order valence-corrected chi connectivity index (χ4v) is 5.86. The molecule has 5 heteroatoms. The number of carbonyl (C=O) groups excluding carboxylic acids is 1. The van der Waals surface area contributed by atoms with Gasteiger partial charge in [-0.25, -0.2) is 4.79 Å². The summed E-state index contributed by atoms with van der Waals surface area (Å²) in [7, 11) is 0. The summed E-state index contributed by atoms with van der Waals surface area (Å²) in [6.45, 7) is 3.75. The lowest BCUT2D eigenvalue weighted by molar-refractivity contribution is 0.145. The topological polar surface area (TPSA) is 44.4 Å². The quantitative estimate of drug-likeness (QED) is 0.778. The number of hydrogen-bond donors (Lipinski definition) is 2. The number of amides is 2. The number of rotatable bonds is 4. The van der Waals surface area contributed by atoms with E-state index in [1.807, 2.05) is 12.1 Å². The molecule has 0 unspecified atom stereocenters. The summed E-state index contributed by atoms with van der Waals surface area (Å²) in [5.41, 5.74) is 1.28. The second-order valence-corrected chi connectivity index (χ2v) is 9.48. The van der Waals surface area contributed by atoms with Crippen LogP contribution in [0.4, 0.5) is 4.79 Å². The average molecular weight is 404 g/mol. The maximum atomic E-state index is 13.0. The highest BCUT2D eigenvalue weighted by Crippen LogP contribution is 2.36. The maximum absolute atomic E-state index is 13.0. The van der Waals surface area contributed by atoms with Gasteiger partial charge in [-0.1, -0.05) is 49.4 Å². The van der Waals surface area contributed by atoms with Gasteiger partial charge in [-0.05, 0) is 67.7 Å². The smallest absolute Gasteiger partial charge is 0.317 e. The number of nitrogens with one attached hydrogen (secondary N) is 2. The summed E-state index contributed by atoms with van der Waals surface area (Å²) in [6, 6.07) is 8.57. The first-order valence-corrected chi connectivity index (χ1v) is 11.6. The Balaban J connectivity index is 1.33. The second-order valence-electron chi connectivity index (χ2n) is 9.05. The standard InChI is InChI=1S/C23H34ClN3O/c24-20-9-3-5-17(14-20)13-18-6-4-12-27(16-18)23(28)26-22-15-25-11-10-21(22)19-7-1-2-8-19/h3,5,9,14,18-19,21-22,25H,1-2,4,6-8,10-13,15-16H2,(H,26,28)/t18-,21-,22+/m0/s1. The van der Waals surface area contributed by atoms with Gasteiger partial charge >= 0.3 is 6.03 Å². The molecule has 28 heavy (non-hydrogen) atoms. The van der Waals surface area contributed by atoms with E-state index in [1.165, 1.54) is 44.1 Å². The zero-order valence-corrected chi connectivity index (χ0v) is 17.6. The molecule has 0 spiro atoms. The molecule has 4 rings (SSSR count). The minimum Gasteiger partial charge on any atom is -0.334 e. The first-order valence-electron chi connectivity index (χ1n) is 11.2. The zero-order valence-electron chi connectivity index (χ0n) is 16.8. The van der Waals surface area contributed by atoms with Gasteiger partial charge in [-0.3, -0.25) is 0 Å². The molecule has 2 amide bonds. The minimum absolute atomic E-state index is 0.146. The lowest BCUT2D eigenvalue weighted by Gasteiger charge is -2.39. The molecule has 2 saturated heterocycles. The zero-order chi connectivity index (χ0) is 19.3. The second kappa shape index (κ2) is 9.49. The molecule has 1 aliphatic carbocycles. The number of carbonyl (C=O) groups is 1. The Morgan fingerprint density at radius 1 is 1.18 bits per heavy atom. The SMILES string of the molecule is O=C(N[C@@H]1CNCC[C@H]1C1CCCC1)N1CCC[C@@H](Cc2cccc(Cl)c2)C1. The molecule has 3 aliphatic rings.